The summed E-state index contributed by atoms with van der Waals surface area (Å²) in [5.74, 6) is 1.10. The molecule has 0 aliphatic heterocycles. The lowest BCUT2D eigenvalue weighted by Crippen LogP contribution is -2.15. The van der Waals surface area contributed by atoms with Gasteiger partial charge in [-0.1, -0.05) is 25.1 Å². The van der Waals surface area contributed by atoms with Crippen molar-refractivity contribution in [1.29, 1.82) is 0 Å². The average molecular weight is 229 g/mol. The number of nitrogens with one attached hydrogen (secondary N) is 1. The molecule has 2 aromatic rings. The van der Waals surface area contributed by atoms with Gasteiger partial charge < -0.3 is 9.88 Å². The Kier molecular flexibility index (Phi) is 3.59. The Hall–Kier alpha value is -1.61. The summed E-state index contributed by atoms with van der Waals surface area (Å²) in [5.41, 5.74) is 2.51. The van der Waals surface area contributed by atoms with Crippen molar-refractivity contribution in [2.24, 2.45) is 0 Å². The lowest BCUT2D eigenvalue weighted by atomic mass is 10.1. The fourth-order valence-electron chi connectivity index (χ4n) is 2.04. The van der Waals surface area contributed by atoms with Crippen molar-refractivity contribution in [3.8, 4) is 5.69 Å². The fraction of sp³-hybridized carbons (Fsp3) is 0.357. The summed E-state index contributed by atoms with van der Waals surface area (Å²) < 4.78 is 2.17. The molecule has 0 aliphatic carbocycles. The van der Waals surface area contributed by atoms with E-state index in [2.05, 4.69) is 53.0 Å². The minimum Gasteiger partial charge on any atom is -0.313 e. The maximum Gasteiger partial charge on any atom is 0.112 e. The molecule has 3 heteroatoms. The number of hydrogen-bond donors (Lipinski definition) is 1. The van der Waals surface area contributed by atoms with Crippen molar-refractivity contribution in [2.45, 2.75) is 26.3 Å². The molecule has 0 radical (unpaired) electrons. The molecule has 1 N–H and O–H groups in total. The number of benzene rings is 1. The zero-order chi connectivity index (χ0) is 12.3. The Morgan fingerprint density at radius 1 is 1.35 bits per heavy atom. The van der Waals surface area contributed by atoms with Gasteiger partial charge in [-0.05, 0) is 25.6 Å². The Bertz CT molecular complexity index is 488. The number of rotatable bonds is 4. The summed E-state index contributed by atoms with van der Waals surface area (Å²) in [6, 6.07) is 8.79. The number of aryl methyl sites for hydroxylation is 1. The Morgan fingerprint density at radius 3 is 2.82 bits per heavy atom. The third kappa shape index (κ3) is 2.24. The average Bonchev–Trinajstić information content (AvgIpc) is 2.86. The molecule has 0 aliphatic rings. The van der Waals surface area contributed by atoms with Gasteiger partial charge in [0.1, 0.15) is 5.82 Å². The van der Waals surface area contributed by atoms with Crippen molar-refractivity contribution in [2.75, 3.05) is 7.05 Å². The number of hydrogen-bond acceptors (Lipinski definition) is 2. The van der Waals surface area contributed by atoms with E-state index in [0.717, 1.165) is 12.2 Å². The second-order valence-electron chi connectivity index (χ2n) is 4.14. The van der Waals surface area contributed by atoms with Crippen LogP contribution >= 0.6 is 0 Å². The van der Waals surface area contributed by atoms with E-state index in [9.17, 15) is 0 Å². The van der Waals surface area contributed by atoms with Crippen LogP contribution in [0.1, 0.15) is 31.3 Å². The van der Waals surface area contributed by atoms with Crippen molar-refractivity contribution in [1.82, 2.24) is 14.9 Å². The third-order valence-electron chi connectivity index (χ3n) is 3.13. The number of para-hydroxylation sites is 1. The van der Waals surface area contributed by atoms with Crippen LogP contribution in [-0.4, -0.2) is 16.6 Å². The van der Waals surface area contributed by atoms with E-state index < -0.39 is 0 Å². The molecule has 1 aromatic carbocycles. The Labute approximate surface area is 103 Å². The van der Waals surface area contributed by atoms with Crippen LogP contribution in [0.4, 0.5) is 0 Å². The first-order chi connectivity index (χ1) is 8.27. The van der Waals surface area contributed by atoms with Crippen molar-refractivity contribution >= 4 is 0 Å². The first kappa shape index (κ1) is 11.9. The molecule has 17 heavy (non-hydrogen) atoms. The van der Waals surface area contributed by atoms with E-state index in [-0.39, 0.29) is 0 Å². The molecule has 1 aromatic heterocycles. The van der Waals surface area contributed by atoms with Gasteiger partial charge in [-0.15, -0.1) is 0 Å². The summed E-state index contributed by atoms with van der Waals surface area (Å²) in [6.07, 6.45) is 4.83. The molecule has 0 saturated carbocycles. The third-order valence-corrected chi connectivity index (χ3v) is 3.13. The van der Waals surface area contributed by atoms with E-state index in [4.69, 9.17) is 0 Å². The van der Waals surface area contributed by atoms with Gasteiger partial charge in [0.05, 0.1) is 5.69 Å². The van der Waals surface area contributed by atoms with Crippen molar-refractivity contribution in [3.63, 3.8) is 0 Å². The molecule has 1 heterocycles. The van der Waals surface area contributed by atoms with Crippen LogP contribution < -0.4 is 5.32 Å². The van der Waals surface area contributed by atoms with Gasteiger partial charge in [-0.2, -0.15) is 0 Å². The first-order valence-electron chi connectivity index (χ1n) is 6.06. The van der Waals surface area contributed by atoms with Gasteiger partial charge in [0, 0.05) is 24.9 Å². The van der Waals surface area contributed by atoms with E-state index in [1.165, 1.54) is 11.3 Å². The number of aromatic nitrogens is 2. The van der Waals surface area contributed by atoms with Crippen LogP contribution in [0.15, 0.2) is 36.7 Å². The van der Waals surface area contributed by atoms with Gasteiger partial charge in [0.2, 0.25) is 0 Å². The zero-order valence-electron chi connectivity index (χ0n) is 10.6. The molecule has 0 spiro atoms. The number of nitrogens with zero attached hydrogens (tertiary/aromatic N) is 2. The molecule has 1 unspecified atom stereocenters. The minimum atomic E-state index is 0.332. The lowest BCUT2D eigenvalue weighted by molar-refractivity contribution is 0.646. The quantitative estimate of drug-likeness (QED) is 0.873. The second-order valence-corrected chi connectivity index (χ2v) is 4.14. The van der Waals surface area contributed by atoms with Crippen molar-refractivity contribution < 1.29 is 0 Å². The van der Waals surface area contributed by atoms with Gasteiger partial charge in [-0.3, -0.25) is 0 Å². The van der Waals surface area contributed by atoms with Crippen LogP contribution in [0, 0.1) is 0 Å². The summed E-state index contributed by atoms with van der Waals surface area (Å²) in [6.45, 7) is 4.30. The molecule has 1 atom stereocenters. The highest BCUT2D eigenvalue weighted by Gasteiger charge is 2.11. The fourth-order valence-corrected chi connectivity index (χ4v) is 2.04. The molecule has 0 amide bonds. The second kappa shape index (κ2) is 5.15. The molecular weight excluding hydrogens is 210 g/mol. The van der Waals surface area contributed by atoms with Crippen LogP contribution in [0.3, 0.4) is 0 Å². The maximum absolute atomic E-state index is 4.38. The lowest BCUT2D eigenvalue weighted by Gasteiger charge is -2.17. The summed E-state index contributed by atoms with van der Waals surface area (Å²) in [5, 5.41) is 3.29. The molecule has 0 fully saturated rings. The smallest absolute Gasteiger partial charge is 0.112 e. The summed E-state index contributed by atoms with van der Waals surface area (Å²) >= 11 is 0. The van der Waals surface area contributed by atoms with Crippen molar-refractivity contribution in [3.05, 3.63) is 48.0 Å². The van der Waals surface area contributed by atoms with Gasteiger partial charge in [0.15, 0.2) is 0 Å². The normalized spacial score (nSPS) is 12.6. The van der Waals surface area contributed by atoms with Crippen LogP contribution in [-0.2, 0) is 6.42 Å². The van der Waals surface area contributed by atoms with Crippen LogP contribution in [0.5, 0.6) is 0 Å². The van der Waals surface area contributed by atoms with Gasteiger partial charge >= 0.3 is 0 Å². The monoisotopic (exact) mass is 229 g/mol. The molecule has 0 bridgehead atoms. The van der Waals surface area contributed by atoms with E-state index in [0.29, 0.717) is 6.04 Å². The van der Waals surface area contributed by atoms with E-state index in [1.807, 2.05) is 19.4 Å². The SMILES string of the molecule is CCc1nccn1-c1ccccc1C(C)NC. The molecule has 90 valence electrons. The van der Waals surface area contributed by atoms with Gasteiger partial charge in [-0.25, -0.2) is 4.98 Å². The zero-order valence-corrected chi connectivity index (χ0v) is 10.6. The highest BCUT2D eigenvalue weighted by molar-refractivity contribution is 5.43. The molecule has 0 saturated heterocycles. The van der Waals surface area contributed by atoms with E-state index in [1.54, 1.807) is 0 Å². The minimum absolute atomic E-state index is 0.332. The predicted molar refractivity (Wildman–Crippen MR) is 70.4 cm³/mol. The highest BCUT2D eigenvalue weighted by Crippen LogP contribution is 2.22. The maximum atomic E-state index is 4.38. The van der Waals surface area contributed by atoms with E-state index >= 15 is 0 Å². The van der Waals surface area contributed by atoms with Crippen LogP contribution in [0.25, 0.3) is 5.69 Å². The summed E-state index contributed by atoms with van der Waals surface area (Å²) in [4.78, 5) is 4.38. The molecule has 3 nitrogen and oxygen atoms in total. The first-order valence-corrected chi connectivity index (χ1v) is 6.06. The molecule has 2 rings (SSSR count). The standard InChI is InChI=1S/C14H19N3/c1-4-14-16-9-10-17(14)13-8-6-5-7-12(13)11(2)15-3/h5-11,15H,4H2,1-3H3. The van der Waals surface area contributed by atoms with Gasteiger partial charge in [0.25, 0.3) is 0 Å². The molecular formula is C14H19N3. The number of imidazole rings is 1. The Balaban J connectivity index is 2.52. The highest BCUT2D eigenvalue weighted by atomic mass is 15.1. The van der Waals surface area contributed by atoms with Crippen LogP contribution in [0.2, 0.25) is 0 Å². The summed E-state index contributed by atoms with van der Waals surface area (Å²) in [7, 11) is 1.98. The largest absolute Gasteiger partial charge is 0.313 e. The predicted octanol–water partition coefficient (Wildman–Crippen LogP) is 2.72. The topological polar surface area (TPSA) is 29.9 Å². The Morgan fingerprint density at radius 2 is 2.12 bits per heavy atom.